The highest BCUT2D eigenvalue weighted by atomic mass is 35.5. The maximum atomic E-state index is 12.2. The van der Waals surface area contributed by atoms with E-state index < -0.39 is 6.10 Å². The summed E-state index contributed by atoms with van der Waals surface area (Å²) < 4.78 is 5.57. The van der Waals surface area contributed by atoms with Crippen LogP contribution in [-0.2, 0) is 9.53 Å². The normalized spacial score (nSPS) is 20.1. The van der Waals surface area contributed by atoms with Crippen molar-refractivity contribution in [2.45, 2.75) is 25.0 Å². The van der Waals surface area contributed by atoms with Crippen molar-refractivity contribution in [3.63, 3.8) is 0 Å². The maximum absolute atomic E-state index is 12.2. The van der Waals surface area contributed by atoms with Crippen LogP contribution in [0.1, 0.15) is 12.8 Å². The molecule has 0 bridgehead atoms. The Hall–Kier alpha value is -1.18. The molecule has 3 rings (SSSR count). The molecule has 23 heavy (non-hydrogen) atoms. The molecular weight excluding hydrogens is 357 g/mol. The van der Waals surface area contributed by atoms with E-state index >= 15 is 0 Å². The Morgan fingerprint density at radius 3 is 2.91 bits per heavy atom. The predicted molar refractivity (Wildman–Crippen MR) is 95.4 cm³/mol. The highest BCUT2D eigenvalue weighted by molar-refractivity contribution is 7.14. The lowest BCUT2D eigenvalue weighted by Gasteiger charge is -2.11. The SMILES string of the molecule is Cl.NC[C@H]1CC[C@@H](C(=O)Nc2nc(-c3ccccc3Cl)cs2)O1. The average molecular weight is 374 g/mol. The lowest BCUT2D eigenvalue weighted by atomic mass is 10.2. The summed E-state index contributed by atoms with van der Waals surface area (Å²) >= 11 is 7.52. The number of hydrogen-bond acceptors (Lipinski definition) is 5. The molecule has 8 heteroatoms. The fourth-order valence-electron chi connectivity index (χ4n) is 2.38. The second-order valence-electron chi connectivity index (χ2n) is 5.07. The van der Waals surface area contributed by atoms with Crippen LogP contribution in [0.4, 0.5) is 5.13 Å². The molecule has 0 saturated carbocycles. The monoisotopic (exact) mass is 373 g/mol. The van der Waals surface area contributed by atoms with Crippen molar-refractivity contribution >= 4 is 46.4 Å². The summed E-state index contributed by atoms with van der Waals surface area (Å²) in [7, 11) is 0. The minimum Gasteiger partial charge on any atom is -0.364 e. The van der Waals surface area contributed by atoms with Gasteiger partial charge in [-0.2, -0.15) is 0 Å². The Kier molecular flexibility index (Phi) is 6.38. The van der Waals surface area contributed by atoms with Crippen LogP contribution in [0.15, 0.2) is 29.6 Å². The molecule has 2 heterocycles. The molecular formula is C15H17Cl2N3O2S. The van der Waals surface area contributed by atoms with Gasteiger partial charge in [0.25, 0.3) is 5.91 Å². The minimum atomic E-state index is -0.443. The van der Waals surface area contributed by atoms with E-state index in [9.17, 15) is 4.79 Å². The number of nitrogens with one attached hydrogen (secondary N) is 1. The van der Waals surface area contributed by atoms with Gasteiger partial charge < -0.3 is 10.5 Å². The van der Waals surface area contributed by atoms with Gasteiger partial charge in [0, 0.05) is 22.5 Å². The summed E-state index contributed by atoms with van der Waals surface area (Å²) in [5.74, 6) is -0.170. The van der Waals surface area contributed by atoms with Gasteiger partial charge in [-0.15, -0.1) is 23.7 Å². The van der Waals surface area contributed by atoms with Gasteiger partial charge in [0.05, 0.1) is 11.8 Å². The number of ether oxygens (including phenoxy) is 1. The number of hydrogen-bond donors (Lipinski definition) is 2. The summed E-state index contributed by atoms with van der Waals surface area (Å²) in [6.07, 6.45) is 1.04. The van der Waals surface area contributed by atoms with Crippen LogP contribution < -0.4 is 11.1 Å². The first-order chi connectivity index (χ1) is 10.7. The number of halogens is 2. The molecule has 2 atom stereocenters. The molecule has 1 aliphatic heterocycles. The van der Waals surface area contributed by atoms with Crippen LogP contribution in [-0.4, -0.2) is 29.6 Å². The number of thiazole rings is 1. The van der Waals surface area contributed by atoms with Gasteiger partial charge in [-0.3, -0.25) is 10.1 Å². The van der Waals surface area contributed by atoms with Crippen molar-refractivity contribution in [1.82, 2.24) is 4.98 Å². The van der Waals surface area contributed by atoms with Gasteiger partial charge in [0.15, 0.2) is 5.13 Å². The molecule has 0 unspecified atom stereocenters. The molecule has 1 aromatic carbocycles. The third-order valence-corrected chi connectivity index (χ3v) is 4.63. The Morgan fingerprint density at radius 2 is 2.22 bits per heavy atom. The summed E-state index contributed by atoms with van der Waals surface area (Å²) in [5, 5.41) is 5.84. The van der Waals surface area contributed by atoms with E-state index in [2.05, 4.69) is 10.3 Å². The summed E-state index contributed by atoms with van der Waals surface area (Å²) in [4.78, 5) is 16.6. The van der Waals surface area contributed by atoms with Crippen molar-refractivity contribution in [1.29, 1.82) is 0 Å². The lowest BCUT2D eigenvalue weighted by Crippen LogP contribution is -2.29. The Bertz CT molecular complexity index is 680. The van der Waals surface area contributed by atoms with Crippen molar-refractivity contribution < 1.29 is 9.53 Å². The zero-order valence-electron chi connectivity index (χ0n) is 12.2. The standard InChI is InChI=1S/C15H16ClN3O2S.ClH/c16-11-4-2-1-3-10(11)12-8-22-15(18-12)19-14(20)13-6-5-9(7-17)21-13;/h1-4,8-9,13H,5-7,17H2,(H,18,19,20);1H/t9-,13+;/m1./s1. The molecule has 3 N–H and O–H groups in total. The molecule has 124 valence electrons. The minimum absolute atomic E-state index is 0. The Labute approximate surface area is 149 Å². The largest absolute Gasteiger partial charge is 0.364 e. The van der Waals surface area contributed by atoms with Crippen LogP contribution >= 0.6 is 35.3 Å². The van der Waals surface area contributed by atoms with Gasteiger partial charge in [-0.25, -0.2) is 4.98 Å². The number of nitrogens with two attached hydrogens (primary N) is 1. The van der Waals surface area contributed by atoms with Crippen molar-refractivity contribution in [3.05, 3.63) is 34.7 Å². The first-order valence-electron chi connectivity index (χ1n) is 7.04. The number of amides is 1. The van der Waals surface area contributed by atoms with Gasteiger partial charge in [0.1, 0.15) is 6.10 Å². The lowest BCUT2D eigenvalue weighted by molar-refractivity contribution is -0.126. The number of anilines is 1. The maximum Gasteiger partial charge on any atom is 0.255 e. The number of nitrogens with zero attached hydrogens (tertiary/aromatic N) is 1. The Balaban J connectivity index is 0.00000192. The second kappa shape index (κ2) is 8.08. The highest BCUT2D eigenvalue weighted by Gasteiger charge is 2.30. The van der Waals surface area contributed by atoms with Gasteiger partial charge in [-0.05, 0) is 18.9 Å². The van der Waals surface area contributed by atoms with E-state index in [1.54, 1.807) is 0 Å². The van der Waals surface area contributed by atoms with E-state index in [0.29, 0.717) is 23.1 Å². The molecule has 1 aromatic heterocycles. The van der Waals surface area contributed by atoms with Crippen LogP contribution in [0, 0.1) is 0 Å². The van der Waals surface area contributed by atoms with Crippen molar-refractivity contribution in [3.8, 4) is 11.3 Å². The molecule has 1 amide bonds. The quantitative estimate of drug-likeness (QED) is 0.861. The van der Waals surface area contributed by atoms with Crippen LogP contribution in [0.25, 0.3) is 11.3 Å². The number of benzene rings is 1. The highest BCUT2D eigenvalue weighted by Crippen LogP contribution is 2.30. The molecule has 2 aromatic rings. The van der Waals surface area contributed by atoms with Crippen LogP contribution in [0.3, 0.4) is 0 Å². The number of aromatic nitrogens is 1. The van der Waals surface area contributed by atoms with Crippen molar-refractivity contribution in [2.24, 2.45) is 5.73 Å². The summed E-state index contributed by atoms with van der Waals surface area (Å²) in [6.45, 7) is 0.442. The third kappa shape index (κ3) is 4.22. The van der Waals surface area contributed by atoms with Gasteiger partial charge in [-0.1, -0.05) is 29.8 Å². The zero-order chi connectivity index (χ0) is 15.5. The van der Waals surface area contributed by atoms with E-state index in [1.807, 2.05) is 29.6 Å². The van der Waals surface area contributed by atoms with E-state index in [4.69, 9.17) is 22.1 Å². The molecule has 1 saturated heterocycles. The third-order valence-electron chi connectivity index (χ3n) is 3.55. The smallest absolute Gasteiger partial charge is 0.255 e. The van der Waals surface area contributed by atoms with E-state index in [1.165, 1.54) is 11.3 Å². The first-order valence-corrected chi connectivity index (χ1v) is 8.30. The zero-order valence-corrected chi connectivity index (χ0v) is 14.6. The van der Waals surface area contributed by atoms with Crippen LogP contribution in [0.2, 0.25) is 5.02 Å². The molecule has 0 spiro atoms. The van der Waals surface area contributed by atoms with Crippen LogP contribution in [0.5, 0.6) is 0 Å². The topological polar surface area (TPSA) is 77.2 Å². The Morgan fingerprint density at radius 1 is 1.43 bits per heavy atom. The molecule has 0 aliphatic carbocycles. The summed E-state index contributed by atoms with van der Waals surface area (Å²) in [5.41, 5.74) is 7.15. The molecule has 5 nitrogen and oxygen atoms in total. The number of carbonyl (C=O) groups is 1. The summed E-state index contributed by atoms with van der Waals surface area (Å²) in [6, 6.07) is 7.48. The fourth-order valence-corrected chi connectivity index (χ4v) is 3.33. The number of rotatable bonds is 4. The van der Waals surface area contributed by atoms with E-state index in [-0.39, 0.29) is 24.4 Å². The van der Waals surface area contributed by atoms with Gasteiger partial charge >= 0.3 is 0 Å². The predicted octanol–water partition coefficient (Wildman–Crippen LogP) is 3.33. The van der Waals surface area contributed by atoms with E-state index in [0.717, 1.165) is 17.7 Å². The fraction of sp³-hybridized carbons (Fsp3) is 0.333. The number of carbonyl (C=O) groups excluding carboxylic acids is 1. The average Bonchev–Trinajstić information content (AvgIpc) is 3.16. The first kappa shape index (κ1) is 18.2. The molecule has 0 radical (unpaired) electrons. The van der Waals surface area contributed by atoms with Crippen molar-refractivity contribution in [2.75, 3.05) is 11.9 Å². The van der Waals surface area contributed by atoms with Gasteiger partial charge in [0.2, 0.25) is 0 Å². The molecule has 1 aliphatic rings. The second-order valence-corrected chi connectivity index (χ2v) is 6.33. The molecule has 1 fully saturated rings.